The minimum Gasteiger partial charge on any atom is -0.462 e. The highest BCUT2D eigenvalue weighted by Crippen LogP contribution is 2.48. The molecule has 3 N–H and O–H groups in total. The molecule has 0 aliphatic heterocycles. The van der Waals surface area contributed by atoms with Gasteiger partial charge in [-0.1, -0.05) is 0 Å². The molecule has 1 fully saturated rings. The van der Waals surface area contributed by atoms with Crippen molar-refractivity contribution in [2.24, 2.45) is 5.41 Å². The number of carbonyl (C=O) groups excluding carboxylic acids is 1. The fourth-order valence-corrected chi connectivity index (χ4v) is 2.35. The van der Waals surface area contributed by atoms with Gasteiger partial charge in [0, 0.05) is 31.6 Å². The average molecular weight is 292 g/mol. The number of nitrogens with two attached hydrogens (primary N) is 1. The minimum absolute atomic E-state index is 0.343. The van der Waals surface area contributed by atoms with Crippen LogP contribution in [-0.4, -0.2) is 32.8 Å². The van der Waals surface area contributed by atoms with Crippen LogP contribution in [0.1, 0.15) is 36.5 Å². The molecule has 1 aromatic carbocycles. The van der Waals surface area contributed by atoms with E-state index in [9.17, 15) is 4.79 Å². The summed E-state index contributed by atoms with van der Waals surface area (Å²) in [4.78, 5) is 11.8. The molecule has 1 saturated carbocycles. The quantitative estimate of drug-likeness (QED) is 0.569. The Morgan fingerprint density at radius 3 is 2.81 bits per heavy atom. The van der Waals surface area contributed by atoms with Crippen LogP contribution in [0.25, 0.3) is 0 Å². The van der Waals surface area contributed by atoms with Gasteiger partial charge in [-0.3, -0.25) is 0 Å². The van der Waals surface area contributed by atoms with Crippen molar-refractivity contribution in [2.45, 2.75) is 26.2 Å². The number of methoxy groups -OCH3 is 1. The van der Waals surface area contributed by atoms with Crippen molar-refractivity contribution in [2.75, 3.05) is 37.9 Å². The van der Waals surface area contributed by atoms with Gasteiger partial charge in [-0.05, 0) is 49.8 Å². The van der Waals surface area contributed by atoms with Gasteiger partial charge in [-0.2, -0.15) is 0 Å². The number of hydrogen-bond acceptors (Lipinski definition) is 5. The molecule has 0 unspecified atom stereocenters. The molecule has 1 aliphatic carbocycles. The number of nitrogens with one attached hydrogen (secondary N) is 1. The molecule has 21 heavy (non-hydrogen) atoms. The second-order valence-electron chi connectivity index (χ2n) is 5.62. The van der Waals surface area contributed by atoms with Gasteiger partial charge in [0.2, 0.25) is 0 Å². The lowest BCUT2D eigenvalue weighted by Gasteiger charge is -2.17. The summed E-state index contributed by atoms with van der Waals surface area (Å²) in [5.74, 6) is -0.376. The Hall–Kier alpha value is -1.75. The summed E-state index contributed by atoms with van der Waals surface area (Å²) in [6, 6.07) is 5.40. The third-order valence-electron chi connectivity index (χ3n) is 4.01. The molecule has 1 aliphatic rings. The molecule has 0 radical (unpaired) electrons. The number of ether oxygens (including phenoxy) is 2. The maximum absolute atomic E-state index is 11.8. The fraction of sp³-hybridized carbons (Fsp3) is 0.562. The van der Waals surface area contributed by atoms with E-state index in [4.69, 9.17) is 15.2 Å². The van der Waals surface area contributed by atoms with Crippen molar-refractivity contribution < 1.29 is 14.3 Å². The van der Waals surface area contributed by atoms with Crippen LogP contribution < -0.4 is 11.1 Å². The smallest absolute Gasteiger partial charge is 0.340 e. The van der Waals surface area contributed by atoms with Crippen molar-refractivity contribution in [3.05, 3.63) is 23.8 Å². The van der Waals surface area contributed by atoms with Crippen LogP contribution in [0.4, 0.5) is 11.4 Å². The summed E-state index contributed by atoms with van der Waals surface area (Å²) in [5, 5.41) is 3.40. The molecule has 2 rings (SSSR count). The molecule has 0 amide bonds. The molecule has 5 heteroatoms. The Morgan fingerprint density at radius 2 is 2.19 bits per heavy atom. The first-order valence-corrected chi connectivity index (χ1v) is 7.40. The van der Waals surface area contributed by atoms with Gasteiger partial charge in [0.15, 0.2) is 0 Å². The van der Waals surface area contributed by atoms with E-state index in [-0.39, 0.29) is 5.97 Å². The molecule has 5 nitrogen and oxygen atoms in total. The van der Waals surface area contributed by atoms with Gasteiger partial charge in [-0.15, -0.1) is 0 Å². The van der Waals surface area contributed by atoms with Gasteiger partial charge < -0.3 is 20.5 Å². The van der Waals surface area contributed by atoms with E-state index in [2.05, 4.69) is 5.32 Å². The summed E-state index contributed by atoms with van der Waals surface area (Å²) < 4.78 is 10.2. The Bertz CT molecular complexity index is 498. The van der Waals surface area contributed by atoms with Crippen molar-refractivity contribution in [3.8, 4) is 0 Å². The van der Waals surface area contributed by atoms with Crippen LogP contribution in [0.15, 0.2) is 18.2 Å². The Labute approximate surface area is 125 Å². The summed E-state index contributed by atoms with van der Waals surface area (Å²) in [6.45, 7) is 3.80. The van der Waals surface area contributed by atoms with E-state index in [1.807, 2.05) is 6.07 Å². The minimum atomic E-state index is -0.376. The fourth-order valence-electron chi connectivity index (χ4n) is 2.35. The van der Waals surface area contributed by atoms with Crippen LogP contribution in [-0.2, 0) is 9.47 Å². The lowest BCUT2D eigenvalue weighted by Crippen LogP contribution is -2.17. The summed E-state index contributed by atoms with van der Waals surface area (Å²) in [6.07, 6.45) is 3.52. The number of anilines is 2. The molecule has 0 aromatic heterocycles. The van der Waals surface area contributed by atoms with Gasteiger partial charge in [0.05, 0.1) is 12.2 Å². The SMILES string of the molecule is CCOC(=O)c1cc(NCC2(CCOC)CC2)ccc1N. The van der Waals surface area contributed by atoms with Crippen molar-refractivity contribution in [3.63, 3.8) is 0 Å². The van der Waals surface area contributed by atoms with Crippen molar-refractivity contribution in [1.82, 2.24) is 0 Å². The third-order valence-corrected chi connectivity index (χ3v) is 4.01. The van der Waals surface area contributed by atoms with Gasteiger partial charge >= 0.3 is 5.97 Å². The van der Waals surface area contributed by atoms with E-state index in [1.54, 1.807) is 26.2 Å². The molecule has 0 spiro atoms. The standard InChI is InChI=1S/C16H24N2O3/c1-3-21-15(19)13-10-12(4-5-14(13)17)18-11-16(6-7-16)8-9-20-2/h4-5,10,18H,3,6-9,11,17H2,1-2H3. The maximum Gasteiger partial charge on any atom is 0.340 e. The maximum atomic E-state index is 11.8. The molecule has 0 saturated heterocycles. The number of benzene rings is 1. The monoisotopic (exact) mass is 292 g/mol. The van der Waals surface area contributed by atoms with E-state index in [0.717, 1.165) is 25.3 Å². The van der Waals surface area contributed by atoms with Crippen LogP contribution >= 0.6 is 0 Å². The number of carbonyl (C=O) groups is 1. The largest absolute Gasteiger partial charge is 0.462 e. The second kappa shape index (κ2) is 6.80. The van der Waals surface area contributed by atoms with Crippen LogP contribution in [0.2, 0.25) is 0 Å². The summed E-state index contributed by atoms with van der Waals surface area (Å²) >= 11 is 0. The number of rotatable bonds is 8. The van der Waals surface area contributed by atoms with E-state index < -0.39 is 0 Å². The molecular weight excluding hydrogens is 268 g/mol. The van der Waals surface area contributed by atoms with E-state index in [1.165, 1.54) is 12.8 Å². The first kappa shape index (κ1) is 15.6. The van der Waals surface area contributed by atoms with Gasteiger partial charge in [0.1, 0.15) is 0 Å². The predicted octanol–water partition coefficient (Wildman–Crippen LogP) is 2.67. The van der Waals surface area contributed by atoms with Gasteiger partial charge in [0.25, 0.3) is 0 Å². The lowest BCUT2D eigenvalue weighted by atomic mass is 10.0. The Kier molecular flexibility index (Phi) is 5.07. The van der Waals surface area contributed by atoms with Gasteiger partial charge in [-0.25, -0.2) is 4.79 Å². The first-order valence-electron chi connectivity index (χ1n) is 7.40. The average Bonchev–Trinajstić information content (AvgIpc) is 3.25. The highest BCUT2D eigenvalue weighted by Gasteiger charge is 2.41. The Balaban J connectivity index is 1.98. The number of esters is 1. The van der Waals surface area contributed by atoms with Crippen molar-refractivity contribution in [1.29, 1.82) is 0 Å². The highest BCUT2D eigenvalue weighted by molar-refractivity contribution is 5.96. The van der Waals surface area contributed by atoms with E-state index in [0.29, 0.717) is 23.3 Å². The number of nitrogen functional groups attached to an aromatic ring is 1. The Morgan fingerprint density at radius 1 is 1.43 bits per heavy atom. The zero-order chi connectivity index (χ0) is 15.3. The molecule has 1 aromatic rings. The molecular formula is C16H24N2O3. The summed E-state index contributed by atoms with van der Waals surface area (Å²) in [7, 11) is 1.73. The molecule has 0 atom stereocenters. The van der Waals surface area contributed by atoms with E-state index >= 15 is 0 Å². The topological polar surface area (TPSA) is 73.6 Å². The number of hydrogen-bond donors (Lipinski definition) is 2. The van der Waals surface area contributed by atoms with Crippen LogP contribution in [0.3, 0.4) is 0 Å². The highest BCUT2D eigenvalue weighted by atomic mass is 16.5. The molecule has 0 bridgehead atoms. The van der Waals surface area contributed by atoms with Crippen LogP contribution in [0.5, 0.6) is 0 Å². The van der Waals surface area contributed by atoms with Crippen LogP contribution in [0, 0.1) is 5.41 Å². The normalized spacial score (nSPS) is 15.5. The summed E-state index contributed by atoms with van der Waals surface area (Å²) in [5.41, 5.74) is 7.95. The first-order chi connectivity index (χ1) is 10.1. The third kappa shape index (κ3) is 4.11. The second-order valence-corrected chi connectivity index (χ2v) is 5.62. The van der Waals surface area contributed by atoms with Crippen molar-refractivity contribution >= 4 is 17.3 Å². The zero-order valence-electron chi connectivity index (χ0n) is 12.8. The molecule has 116 valence electrons. The zero-order valence-corrected chi connectivity index (χ0v) is 12.8. The lowest BCUT2D eigenvalue weighted by molar-refractivity contribution is 0.0527. The predicted molar refractivity (Wildman–Crippen MR) is 83.5 cm³/mol. The molecule has 0 heterocycles.